The maximum atomic E-state index is 14.6. The summed E-state index contributed by atoms with van der Waals surface area (Å²) in [6, 6.07) is 17.0. The lowest BCUT2D eigenvalue weighted by Gasteiger charge is -2.60. The van der Waals surface area contributed by atoms with Gasteiger partial charge in [-0.3, -0.25) is 9.80 Å². The van der Waals surface area contributed by atoms with Gasteiger partial charge in [-0.2, -0.15) is 21.6 Å². The number of hydrogen-bond donors (Lipinski definition) is 1. The van der Waals surface area contributed by atoms with Crippen LogP contribution in [0.5, 0.6) is 34.5 Å². The number of halogens is 3. The number of aliphatic hydroxyl groups is 1. The molecule has 4 aliphatic heterocycles. The number of rotatable bonds is 16. The molecule has 1 saturated heterocycles. The van der Waals surface area contributed by atoms with E-state index in [-0.39, 0.29) is 56.3 Å². The summed E-state index contributed by atoms with van der Waals surface area (Å²) in [5.41, 5.74) is -3.48. The molecule has 4 aromatic rings. The first-order valence-electron chi connectivity index (χ1n) is 22.2. The lowest BCUT2D eigenvalue weighted by Crippen LogP contribution is -2.71. The van der Waals surface area contributed by atoms with Gasteiger partial charge in [0.05, 0.1) is 31.8 Å². The van der Waals surface area contributed by atoms with Crippen molar-refractivity contribution >= 4 is 34.9 Å². The van der Waals surface area contributed by atoms with Gasteiger partial charge < -0.3 is 46.9 Å². The second kappa shape index (κ2) is 19.2. The van der Waals surface area contributed by atoms with Crippen molar-refractivity contribution in [3.63, 3.8) is 0 Å². The van der Waals surface area contributed by atoms with Gasteiger partial charge in [0, 0.05) is 35.4 Å². The van der Waals surface area contributed by atoms with Crippen molar-refractivity contribution in [2.24, 2.45) is 0 Å². The van der Waals surface area contributed by atoms with Crippen molar-refractivity contribution in [3.8, 4) is 34.5 Å². The second-order valence-electron chi connectivity index (χ2n) is 18.0. The Bertz CT molecular complexity index is 2660. The fraction of sp³-hybridized carbons (Fsp3) is 0.408. The molecule has 1 N–H and O–H groups in total. The fourth-order valence-electron chi connectivity index (χ4n) is 10.5. The Morgan fingerprint density at radius 1 is 0.884 bits per heavy atom. The van der Waals surface area contributed by atoms with Crippen LogP contribution in [-0.2, 0) is 36.9 Å². The maximum absolute atomic E-state index is 14.6. The van der Waals surface area contributed by atoms with Crippen molar-refractivity contribution < 1.29 is 73.3 Å². The van der Waals surface area contributed by atoms with Crippen molar-refractivity contribution in [1.29, 1.82) is 0 Å². The van der Waals surface area contributed by atoms with E-state index in [1.807, 2.05) is 48.2 Å². The van der Waals surface area contributed by atoms with E-state index in [4.69, 9.17) is 41.8 Å². The molecule has 69 heavy (non-hydrogen) atoms. The zero-order valence-corrected chi connectivity index (χ0v) is 40.9. The number of ether oxygens (including phenoxy) is 7. The molecule has 2 bridgehead atoms. The highest BCUT2D eigenvalue weighted by molar-refractivity contribution is 7.88. The highest BCUT2D eigenvalue weighted by Crippen LogP contribution is 2.60. The first-order valence-corrected chi connectivity index (χ1v) is 25.5. The van der Waals surface area contributed by atoms with Crippen molar-refractivity contribution in [2.45, 2.75) is 81.5 Å². The number of methoxy groups -OCH3 is 2. The van der Waals surface area contributed by atoms with Crippen LogP contribution < -0.4 is 38.2 Å². The van der Waals surface area contributed by atoms with Crippen molar-refractivity contribution in [2.75, 3.05) is 47.6 Å². The first kappa shape index (κ1) is 49.6. The monoisotopic (exact) mass is 996 g/mol. The standard InChI is InChI=1S/C49H55F3N2O13SSi/c1-9-21-61-41-29(3)42-45(65-28-64-42)39-33(41)25-34-40-38-30(24-37(67-68(57,58)49(50,51)52)43(60-8)44(38)63-27-59-7)23-35(54(40)47(56)62-22-10-2)46(55)53(34)36(39)26-66-69(48(4,5)6,31-17-13-11-14-18-31)32-19-15-12-16-20-32/h9-20,24,34-36,40,46,55H,1-2,21-23,25-28H2,3-8H3/t34-,35-,36-,40-,46-/m0/s1. The van der Waals surface area contributed by atoms with Gasteiger partial charge in [0.25, 0.3) is 8.32 Å². The molecule has 8 rings (SSSR count). The van der Waals surface area contributed by atoms with Crippen LogP contribution in [0.3, 0.4) is 0 Å². The number of fused-ring (bicyclic) bond motifs is 9. The van der Waals surface area contributed by atoms with Crippen LogP contribution in [0, 0.1) is 6.92 Å². The Labute approximate surface area is 400 Å². The van der Waals surface area contributed by atoms with Crippen molar-refractivity contribution in [1.82, 2.24) is 9.80 Å². The number of hydrogen-bond acceptors (Lipinski definition) is 14. The molecule has 20 heteroatoms. The normalized spacial score (nSPS) is 20.8. The van der Waals surface area contributed by atoms with Gasteiger partial charge in [0.1, 0.15) is 25.2 Å². The van der Waals surface area contributed by atoms with Crippen LogP contribution in [0.1, 0.15) is 60.7 Å². The molecule has 0 aromatic heterocycles. The van der Waals surface area contributed by atoms with E-state index < -0.39 is 83.8 Å². The summed E-state index contributed by atoms with van der Waals surface area (Å²) in [5.74, 6) is -0.276. The van der Waals surface area contributed by atoms with Crippen LogP contribution in [0.4, 0.5) is 18.0 Å². The summed E-state index contributed by atoms with van der Waals surface area (Å²) < 4.78 is 121. The minimum absolute atomic E-state index is 0.0424. The quantitative estimate of drug-likeness (QED) is 0.0403. The average Bonchev–Trinajstić information content (AvgIpc) is 3.81. The maximum Gasteiger partial charge on any atom is 0.534 e. The number of nitrogens with zero attached hydrogens (tertiary/aromatic N) is 2. The van der Waals surface area contributed by atoms with Gasteiger partial charge in [0.2, 0.25) is 12.5 Å². The van der Waals surface area contributed by atoms with Gasteiger partial charge in [-0.25, -0.2) is 4.79 Å². The molecule has 5 atom stereocenters. The molecule has 4 heterocycles. The molecule has 15 nitrogen and oxygen atoms in total. The highest BCUT2D eigenvalue weighted by Gasteiger charge is 2.61. The minimum atomic E-state index is -6.23. The summed E-state index contributed by atoms with van der Waals surface area (Å²) in [6.45, 7) is 15.1. The largest absolute Gasteiger partial charge is 0.534 e. The number of benzene rings is 4. The van der Waals surface area contributed by atoms with E-state index in [9.17, 15) is 31.5 Å². The summed E-state index contributed by atoms with van der Waals surface area (Å²) >= 11 is 0. The smallest absolute Gasteiger partial charge is 0.490 e. The van der Waals surface area contributed by atoms with Crippen LogP contribution >= 0.6 is 0 Å². The summed E-state index contributed by atoms with van der Waals surface area (Å²) in [7, 11) is -7.14. The molecule has 0 unspecified atom stereocenters. The van der Waals surface area contributed by atoms with Gasteiger partial charge in [-0.15, -0.1) is 0 Å². The van der Waals surface area contributed by atoms with Gasteiger partial charge in [0.15, 0.2) is 29.8 Å². The predicted molar refractivity (Wildman–Crippen MR) is 249 cm³/mol. The third kappa shape index (κ3) is 8.47. The lowest BCUT2D eigenvalue weighted by atomic mass is 9.73. The summed E-state index contributed by atoms with van der Waals surface area (Å²) in [5, 5.41) is 14.7. The lowest BCUT2D eigenvalue weighted by molar-refractivity contribution is -0.174. The van der Waals surface area contributed by atoms with Crippen LogP contribution in [0.2, 0.25) is 5.04 Å². The second-order valence-corrected chi connectivity index (χ2v) is 23.8. The molecule has 0 saturated carbocycles. The number of piperazine rings is 1. The number of carbonyl (C=O) groups is 1. The molecule has 1 amide bonds. The Morgan fingerprint density at radius 2 is 1.52 bits per heavy atom. The third-order valence-corrected chi connectivity index (χ3v) is 19.1. The third-order valence-electron chi connectivity index (χ3n) is 13.1. The summed E-state index contributed by atoms with van der Waals surface area (Å²) in [4.78, 5) is 17.9. The average molecular weight is 997 g/mol. The van der Waals surface area contributed by atoms with Crippen molar-refractivity contribution in [3.05, 3.63) is 120 Å². The van der Waals surface area contributed by atoms with E-state index >= 15 is 0 Å². The zero-order valence-electron chi connectivity index (χ0n) is 39.0. The first-order chi connectivity index (χ1) is 32.9. The van der Waals surface area contributed by atoms with Crippen LogP contribution in [0.25, 0.3) is 0 Å². The molecule has 0 spiro atoms. The molecular formula is C49H55F3N2O13SSi. The topological polar surface area (TPSA) is 161 Å². The van der Waals surface area contributed by atoms with Crippen LogP contribution in [-0.4, -0.2) is 109 Å². The van der Waals surface area contributed by atoms with E-state index in [0.717, 1.165) is 23.5 Å². The summed E-state index contributed by atoms with van der Waals surface area (Å²) in [6.07, 6.45) is 0.399. The predicted octanol–water partition coefficient (Wildman–Crippen LogP) is 6.98. The molecule has 370 valence electrons. The Kier molecular flexibility index (Phi) is 13.8. The molecule has 4 aliphatic rings. The van der Waals surface area contributed by atoms with E-state index in [1.165, 1.54) is 18.1 Å². The van der Waals surface area contributed by atoms with Crippen LogP contribution in [0.15, 0.2) is 92.0 Å². The van der Waals surface area contributed by atoms with E-state index in [0.29, 0.717) is 33.9 Å². The Morgan fingerprint density at radius 3 is 2.10 bits per heavy atom. The Hall–Kier alpha value is -5.77. The van der Waals surface area contributed by atoms with Gasteiger partial charge >= 0.3 is 21.7 Å². The minimum Gasteiger partial charge on any atom is -0.490 e. The van der Waals surface area contributed by atoms with E-state index in [1.54, 1.807) is 6.08 Å². The van der Waals surface area contributed by atoms with Gasteiger partial charge in [-0.05, 0) is 46.8 Å². The molecular weight excluding hydrogens is 942 g/mol. The molecule has 4 aromatic carbocycles. The van der Waals surface area contributed by atoms with E-state index in [2.05, 4.69) is 58.2 Å². The molecule has 1 fully saturated rings. The SMILES string of the molecule is C=CCOC(=O)N1[C@@H]2c3c(cc(OS(=O)(=O)C(F)(F)F)c(OC)c3OCOC)C[C@H]1[C@H](O)N1[C@@H](CO[Si](c3ccccc3)(c3ccccc3)C(C)(C)C)c3c(c(OCC=C)c(C)c4c3OCO4)C[C@@H]21. The molecule has 0 radical (unpaired) electrons. The number of amides is 1. The fourth-order valence-corrected chi connectivity index (χ4v) is 15.5. The Balaban J connectivity index is 1.41. The number of alkyl halides is 3. The number of carbonyl (C=O) groups excluding carboxylic acids is 1. The molecule has 0 aliphatic carbocycles. The highest BCUT2D eigenvalue weighted by atomic mass is 32.2. The van der Waals surface area contributed by atoms with Gasteiger partial charge in [-0.1, -0.05) is 107 Å². The zero-order chi connectivity index (χ0) is 49.6. The number of aliphatic hydroxyl groups excluding tert-OH is 1.